The number of aromatic nitrogens is 2. The molecule has 0 aliphatic rings. The number of aryl methyl sites for hydroxylation is 1. The number of rotatable bonds is 2. The first-order valence-corrected chi connectivity index (χ1v) is 7.84. The molecule has 0 aliphatic heterocycles. The van der Waals surface area contributed by atoms with Crippen molar-refractivity contribution in [3.8, 4) is 0 Å². The minimum absolute atomic E-state index is 0.542. The first kappa shape index (κ1) is 19.3. The predicted molar refractivity (Wildman–Crippen MR) is 92.7 cm³/mol. The van der Waals surface area contributed by atoms with E-state index in [-0.39, 0.29) is 0 Å². The largest absolute Gasteiger partial charge is 0.261 e. The van der Waals surface area contributed by atoms with Gasteiger partial charge in [0.2, 0.25) is 0 Å². The van der Waals surface area contributed by atoms with Crippen LogP contribution in [0.5, 0.6) is 0 Å². The molecular formula is C19H30N2. The second-order valence-corrected chi connectivity index (χ2v) is 5.32. The standard InChI is InChI=1S/C9H13N.C8H11N.C2H6/c1-7(2)9-5-4-8(3)6-10-9;1-7(2)8-5-3-4-6-9-8;1-2/h4-7H,1-3H3;3-7H,1-2H3;1-2H3. The first-order chi connectivity index (χ1) is 10.0. The molecule has 0 radical (unpaired) electrons. The molecule has 0 unspecified atom stereocenters. The average Bonchev–Trinajstić information content (AvgIpc) is 2.51. The Morgan fingerprint density at radius 1 is 0.762 bits per heavy atom. The van der Waals surface area contributed by atoms with Crippen molar-refractivity contribution in [2.24, 2.45) is 0 Å². The molecule has 2 rings (SSSR count). The van der Waals surface area contributed by atoms with Gasteiger partial charge in [0.1, 0.15) is 0 Å². The molecular weight excluding hydrogens is 256 g/mol. The van der Waals surface area contributed by atoms with Crippen molar-refractivity contribution in [2.75, 3.05) is 0 Å². The maximum absolute atomic E-state index is 4.28. The molecule has 0 saturated carbocycles. The lowest BCUT2D eigenvalue weighted by atomic mass is 10.1. The monoisotopic (exact) mass is 286 g/mol. The zero-order valence-electron chi connectivity index (χ0n) is 14.6. The van der Waals surface area contributed by atoms with Gasteiger partial charge in [-0.2, -0.15) is 0 Å². The van der Waals surface area contributed by atoms with Gasteiger partial charge in [-0.15, -0.1) is 0 Å². The summed E-state index contributed by atoms with van der Waals surface area (Å²) in [6.45, 7) is 14.6. The molecule has 0 spiro atoms. The summed E-state index contributed by atoms with van der Waals surface area (Å²) < 4.78 is 0. The van der Waals surface area contributed by atoms with E-state index in [2.05, 4.69) is 56.7 Å². The Kier molecular flexibility index (Phi) is 10.1. The molecule has 2 heterocycles. The molecule has 0 aliphatic carbocycles. The molecule has 0 bridgehead atoms. The van der Waals surface area contributed by atoms with Gasteiger partial charge in [0, 0.05) is 23.8 Å². The molecule has 2 heteroatoms. The predicted octanol–water partition coefficient (Wildman–Crippen LogP) is 5.74. The number of nitrogens with zero attached hydrogens (tertiary/aromatic N) is 2. The third-order valence-electron chi connectivity index (χ3n) is 2.81. The van der Waals surface area contributed by atoms with E-state index in [9.17, 15) is 0 Å². The smallest absolute Gasteiger partial charge is 0.0429 e. The van der Waals surface area contributed by atoms with Crippen molar-refractivity contribution in [3.63, 3.8) is 0 Å². The Balaban J connectivity index is 0.000000342. The summed E-state index contributed by atoms with van der Waals surface area (Å²) in [6, 6.07) is 10.2. The van der Waals surface area contributed by atoms with E-state index in [0.29, 0.717) is 11.8 Å². The van der Waals surface area contributed by atoms with Gasteiger partial charge in [-0.25, -0.2) is 0 Å². The molecule has 0 fully saturated rings. The minimum atomic E-state index is 0.542. The Labute approximate surface area is 130 Å². The lowest BCUT2D eigenvalue weighted by Gasteiger charge is -2.02. The van der Waals surface area contributed by atoms with Gasteiger partial charge in [0.25, 0.3) is 0 Å². The van der Waals surface area contributed by atoms with Crippen LogP contribution in [0.15, 0.2) is 42.7 Å². The summed E-state index contributed by atoms with van der Waals surface area (Å²) in [6.07, 6.45) is 3.74. The zero-order valence-corrected chi connectivity index (χ0v) is 14.6. The van der Waals surface area contributed by atoms with Gasteiger partial charge < -0.3 is 0 Å². The Morgan fingerprint density at radius 2 is 1.33 bits per heavy atom. The lowest BCUT2D eigenvalue weighted by Crippen LogP contribution is -1.90. The van der Waals surface area contributed by atoms with Crippen molar-refractivity contribution in [1.29, 1.82) is 0 Å². The molecule has 0 saturated heterocycles. The summed E-state index contributed by atoms with van der Waals surface area (Å²) in [5.74, 6) is 1.09. The fourth-order valence-electron chi connectivity index (χ4n) is 1.54. The molecule has 2 aromatic heterocycles. The summed E-state index contributed by atoms with van der Waals surface area (Å²) in [5.41, 5.74) is 3.56. The first-order valence-electron chi connectivity index (χ1n) is 7.84. The highest BCUT2D eigenvalue weighted by atomic mass is 14.7. The van der Waals surface area contributed by atoms with Crippen LogP contribution in [-0.4, -0.2) is 9.97 Å². The maximum atomic E-state index is 4.28. The molecule has 2 aromatic rings. The highest BCUT2D eigenvalue weighted by Crippen LogP contribution is 2.10. The van der Waals surface area contributed by atoms with E-state index < -0.39 is 0 Å². The van der Waals surface area contributed by atoms with Crippen molar-refractivity contribution in [2.45, 2.75) is 60.3 Å². The fraction of sp³-hybridized carbons (Fsp3) is 0.474. The van der Waals surface area contributed by atoms with E-state index in [1.54, 1.807) is 0 Å². The SMILES string of the molecule is CC.CC(C)c1ccccn1.Cc1ccc(C(C)C)nc1. The van der Waals surface area contributed by atoms with Crippen molar-refractivity contribution in [3.05, 3.63) is 59.7 Å². The van der Waals surface area contributed by atoms with Gasteiger partial charge in [0.15, 0.2) is 0 Å². The molecule has 0 amide bonds. The zero-order chi connectivity index (χ0) is 16.3. The topological polar surface area (TPSA) is 25.8 Å². The van der Waals surface area contributed by atoms with Gasteiger partial charge in [-0.05, 0) is 42.5 Å². The van der Waals surface area contributed by atoms with E-state index >= 15 is 0 Å². The lowest BCUT2D eigenvalue weighted by molar-refractivity contribution is 0.821. The van der Waals surface area contributed by atoms with E-state index in [1.807, 2.05) is 44.4 Å². The van der Waals surface area contributed by atoms with Crippen molar-refractivity contribution in [1.82, 2.24) is 9.97 Å². The highest BCUT2D eigenvalue weighted by molar-refractivity contribution is 5.14. The highest BCUT2D eigenvalue weighted by Gasteiger charge is 1.97. The van der Waals surface area contributed by atoms with Gasteiger partial charge in [0.05, 0.1) is 0 Å². The molecule has 21 heavy (non-hydrogen) atoms. The fourth-order valence-corrected chi connectivity index (χ4v) is 1.54. The average molecular weight is 286 g/mol. The quantitative estimate of drug-likeness (QED) is 0.703. The second-order valence-electron chi connectivity index (χ2n) is 5.32. The molecule has 0 N–H and O–H groups in total. The number of pyridine rings is 2. The molecule has 116 valence electrons. The van der Waals surface area contributed by atoms with E-state index in [0.717, 1.165) is 5.69 Å². The van der Waals surface area contributed by atoms with E-state index in [1.165, 1.54) is 11.3 Å². The molecule has 0 aromatic carbocycles. The van der Waals surface area contributed by atoms with Crippen LogP contribution < -0.4 is 0 Å². The van der Waals surface area contributed by atoms with Crippen LogP contribution in [-0.2, 0) is 0 Å². The van der Waals surface area contributed by atoms with Gasteiger partial charge in [-0.3, -0.25) is 9.97 Å². The summed E-state index contributed by atoms with van der Waals surface area (Å²) in [5, 5.41) is 0. The number of hydrogen-bond acceptors (Lipinski definition) is 2. The third kappa shape index (κ3) is 8.23. The van der Waals surface area contributed by atoms with Crippen LogP contribution in [0, 0.1) is 6.92 Å². The molecule has 2 nitrogen and oxygen atoms in total. The van der Waals surface area contributed by atoms with Crippen LogP contribution in [0.2, 0.25) is 0 Å². The van der Waals surface area contributed by atoms with Crippen LogP contribution in [0.1, 0.15) is 70.3 Å². The van der Waals surface area contributed by atoms with Crippen molar-refractivity contribution < 1.29 is 0 Å². The Hall–Kier alpha value is -1.70. The third-order valence-corrected chi connectivity index (χ3v) is 2.81. The van der Waals surface area contributed by atoms with Crippen LogP contribution in [0.25, 0.3) is 0 Å². The van der Waals surface area contributed by atoms with Gasteiger partial charge in [-0.1, -0.05) is 53.7 Å². The minimum Gasteiger partial charge on any atom is -0.261 e. The summed E-state index contributed by atoms with van der Waals surface area (Å²) in [7, 11) is 0. The van der Waals surface area contributed by atoms with Crippen LogP contribution in [0.3, 0.4) is 0 Å². The number of hydrogen-bond donors (Lipinski definition) is 0. The second kappa shape index (κ2) is 11.0. The Bertz CT molecular complexity index is 459. The van der Waals surface area contributed by atoms with Crippen LogP contribution >= 0.6 is 0 Å². The van der Waals surface area contributed by atoms with Gasteiger partial charge >= 0.3 is 0 Å². The molecule has 0 atom stereocenters. The Morgan fingerprint density at radius 3 is 1.67 bits per heavy atom. The van der Waals surface area contributed by atoms with E-state index in [4.69, 9.17) is 0 Å². The summed E-state index contributed by atoms with van der Waals surface area (Å²) in [4.78, 5) is 8.46. The maximum Gasteiger partial charge on any atom is 0.0429 e. The normalized spacial score (nSPS) is 9.57. The summed E-state index contributed by atoms with van der Waals surface area (Å²) >= 11 is 0. The van der Waals surface area contributed by atoms with Crippen molar-refractivity contribution >= 4 is 0 Å². The van der Waals surface area contributed by atoms with Crippen LogP contribution in [0.4, 0.5) is 0 Å².